The molecule has 0 saturated heterocycles. The van der Waals surface area contributed by atoms with Crippen LogP contribution in [-0.4, -0.2) is 0 Å². The molecule has 0 aliphatic heterocycles. The Labute approximate surface area is 110 Å². The molecule has 0 bridgehead atoms. The van der Waals surface area contributed by atoms with Crippen LogP contribution in [0.15, 0.2) is 42.5 Å². The van der Waals surface area contributed by atoms with Crippen molar-refractivity contribution >= 4 is 10.8 Å². The van der Waals surface area contributed by atoms with Crippen molar-refractivity contribution in [3.8, 4) is 0 Å². The van der Waals surface area contributed by atoms with Gasteiger partial charge in [-0.05, 0) is 23.3 Å². The maximum absolute atomic E-state index is 2.16. The minimum Gasteiger partial charge on any atom is -1.00 e. The van der Waals surface area contributed by atoms with Gasteiger partial charge in [-0.1, -0.05) is 42.5 Å². The number of hydrogen-bond acceptors (Lipinski definition) is 0. The van der Waals surface area contributed by atoms with Crippen molar-refractivity contribution < 1.29 is 44.3 Å². The van der Waals surface area contributed by atoms with Crippen LogP contribution in [0.25, 0.3) is 10.8 Å². The van der Waals surface area contributed by atoms with Crippen molar-refractivity contribution in [1.29, 1.82) is 0 Å². The molecule has 0 fully saturated rings. The predicted molar refractivity (Wildman–Crippen MR) is 48.7 cm³/mol. The van der Waals surface area contributed by atoms with Gasteiger partial charge in [0.05, 0.1) is 0 Å². The van der Waals surface area contributed by atoms with Crippen LogP contribution in [0.1, 0.15) is 5.56 Å². The van der Waals surface area contributed by atoms with Gasteiger partial charge in [-0.15, -0.1) is 0 Å². The summed E-state index contributed by atoms with van der Waals surface area (Å²) in [7, 11) is 0. The zero-order valence-corrected chi connectivity index (χ0v) is 10.9. The maximum Gasteiger partial charge on any atom is 2.00 e. The third-order valence-electron chi connectivity index (χ3n) is 2.01. The first-order valence-corrected chi connectivity index (χ1v) is 3.82. The van der Waals surface area contributed by atoms with Gasteiger partial charge in [-0.2, -0.15) is 0 Å². The molecule has 0 aliphatic carbocycles. The standard InChI is InChI=1S/C11H10.2ClH.Ru/c1-9-5-4-7-10-6-2-3-8-11(9)10;;;/h2-8H,1H3;2*1H;/q;;;+2/p-2. The van der Waals surface area contributed by atoms with E-state index >= 15 is 0 Å². The Bertz CT molecular complexity index is 382. The van der Waals surface area contributed by atoms with Crippen LogP contribution in [0.4, 0.5) is 0 Å². The third-order valence-corrected chi connectivity index (χ3v) is 2.01. The van der Waals surface area contributed by atoms with Crippen LogP contribution in [0.3, 0.4) is 0 Å². The van der Waals surface area contributed by atoms with Crippen LogP contribution in [-0.2, 0) is 19.5 Å². The summed E-state index contributed by atoms with van der Waals surface area (Å²) < 4.78 is 0. The number of hydrogen-bond donors (Lipinski definition) is 0. The number of rotatable bonds is 0. The zero-order chi connectivity index (χ0) is 7.68. The molecule has 2 aromatic rings. The molecule has 2 rings (SSSR count). The van der Waals surface area contributed by atoms with Gasteiger partial charge in [0, 0.05) is 0 Å². The van der Waals surface area contributed by atoms with E-state index in [1.165, 1.54) is 16.3 Å². The van der Waals surface area contributed by atoms with Crippen LogP contribution in [0.5, 0.6) is 0 Å². The van der Waals surface area contributed by atoms with Crippen LogP contribution < -0.4 is 24.8 Å². The summed E-state index contributed by atoms with van der Waals surface area (Å²) in [6, 6.07) is 14.8. The molecule has 0 amide bonds. The molecule has 3 heteroatoms. The Hall–Kier alpha value is -0.0966. The Morgan fingerprint density at radius 1 is 0.786 bits per heavy atom. The van der Waals surface area contributed by atoms with E-state index in [4.69, 9.17) is 0 Å². The molecule has 0 N–H and O–H groups in total. The second kappa shape index (κ2) is 7.23. The summed E-state index contributed by atoms with van der Waals surface area (Å²) in [6.45, 7) is 2.14. The number of benzene rings is 2. The summed E-state index contributed by atoms with van der Waals surface area (Å²) in [5.41, 5.74) is 1.35. The molecule has 0 aliphatic rings. The minimum atomic E-state index is 0. The molecule has 0 aromatic heterocycles. The van der Waals surface area contributed by atoms with Crippen molar-refractivity contribution in [2.45, 2.75) is 6.92 Å². The molecule has 76 valence electrons. The van der Waals surface area contributed by atoms with E-state index in [9.17, 15) is 0 Å². The zero-order valence-electron chi connectivity index (χ0n) is 7.65. The van der Waals surface area contributed by atoms with Crippen LogP contribution >= 0.6 is 0 Å². The maximum atomic E-state index is 2.16. The fraction of sp³-hybridized carbons (Fsp3) is 0.0909. The fourth-order valence-electron chi connectivity index (χ4n) is 1.39. The molecule has 14 heavy (non-hydrogen) atoms. The Balaban J connectivity index is 0. The van der Waals surface area contributed by atoms with E-state index < -0.39 is 0 Å². The monoisotopic (exact) mass is 314 g/mol. The number of aryl methyl sites for hydroxylation is 1. The van der Waals surface area contributed by atoms with Gasteiger partial charge < -0.3 is 24.8 Å². The fourth-order valence-corrected chi connectivity index (χ4v) is 1.39. The van der Waals surface area contributed by atoms with Gasteiger partial charge >= 0.3 is 19.5 Å². The molecule has 0 heterocycles. The van der Waals surface area contributed by atoms with Gasteiger partial charge in [0.1, 0.15) is 0 Å². The summed E-state index contributed by atoms with van der Waals surface area (Å²) in [5, 5.41) is 2.68. The topological polar surface area (TPSA) is 0 Å². The van der Waals surface area contributed by atoms with Crippen LogP contribution in [0, 0.1) is 6.92 Å². The average Bonchev–Trinajstić information content (AvgIpc) is 2.06. The molecule has 0 saturated carbocycles. The van der Waals surface area contributed by atoms with Crippen LogP contribution in [0.2, 0.25) is 0 Å². The summed E-state index contributed by atoms with van der Waals surface area (Å²) in [6.07, 6.45) is 0. The van der Waals surface area contributed by atoms with Gasteiger partial charge in [-0.3, -0.25) is 0 Å². The summed E-state index contributed by atoms with van der Waals surface area (Å²) in [4.78, 5) is 0. The molecule has 0 unspecified atom stereocenters. The summed E-state index contributed by atoms with van der Waals surface area (Å²) in [5.74, 6) is 0. The Kier molecular flexibility index (Phi) is 8.44. The smallest absolute Gasteiger partial charge is 1.00 e. The molecule has 0 nitrogen and oxygen atoms in total. The van der Waals surface area contributed by atoms with Gasteiger partial charge in [-0.25, -0.2) is 0 Å². The summed E-state index contributed by atoms with van der Waals surface area (Å²) >= 11 is 0. The molecular formula is C11H10Cl2Ru. The largest absolute Gasteiger partial charge is 2.00 e. The number of fused-ring (bicyclic) bond motifs is 1. The van der Waals surface area contributed by atoms with Gasteiger partial charge in [0.25, 0.3) is 0 Å². The van der Waals surface area contributed by atoms with Crippen molar-refractivity contribution in [1.82, 2.24) is 0 Å². The van der Waals surface area contributed by atoms with E-state index in [0.29, 0.717) is 0 Å². The van der Waals surface area contributed by atoms with Crippen molar-refractivity contribution in [2.75, 3.05) is 0 Å². The quantitative estimate of drug-likeness (QED) is 0.460. The van der Waals surface area contributed by atoms with Crippen molar-refractivity contribution in [3.05, 3.63) is 48.0 Å². The normalized spacial score (nSPS) is 8.07. The first kappa shape index (κ1) is 16.3. The Morgan fingerprint density at radius 2 is 1.36 bits per heavy atom. The Morgan fingerprint density at radius 3 is 2.00 bits per heavy atom. The first-order chi connectivity index (χ1) is 5.38. The van der Waals surface area contributed by atoms with Crippen molar-refractivity contribution in [2.24, 2.45) is 0 Å². The molecule has 0 atom stereocenters. The minimum absolute atomic E-state index is 0. The number of halogens is 2. The van der Waals surface area contributed by atoms with Gasteiger partial charge in [0.2, 0.25) is 0 Å². The van der Waals surface area contributed by atoms with Crippen molar-refractivity contribution in [3.63, 3.8) is 0 Å². The van der Waals surface area contributed by atoms with Gasteiger partial charge in [0.15, 0.2) is 0 Å². The van der Waals surface area contributed by atoms with E-state index in [1.54, 1.807) is 0 Å². The van der Waals surface area contributed by atoms with E-state index in [-0.39, 0.29) is 44.3 Å². The molecule has 0 spiro atoms. The van der Waals surface area contributed by atoms with E-state index in [0.717, 1.165) is 0 Å². The average molecular weight is 314 g/mol. The third kappa shape index (κ3) is 3.24. The second-order valence-electron chi connectivity index (χ2n) is 2.80. The molecule has 2 aromatic carbocycles. The first-order valence-electron chi connectivity index (χ1n) is 3.82. The predicted octanol–water partition coefficient (Wildman–Crippen LogP) is -2.85. The molecule has 0 radical (unpaired) electrons. The second-order valence-corrected chi connectivity index (χ2v) is 2.80. The van der Waals surface area contributed by atoms with E-state index in [1.807, 2.05) is 0 Å². The van der Waals surface area contributed by atoms with E-state index in [2.05, 4.69) is 49.4 Å². The molecular weight excluding hydrogens is 304 g/mol. The SMILES string of the molecule is Cc1cccc2ccccc12.[Cl-].[Cl-].[Ru+2].